The van der Waals surface area contributed by atoms with Gasteiger partial charge in [0, 0.05) is 43.3 Å². The number of aromatic nitrogens is 6. The number of hydrogen-bond donors (Lipinski definition) is 0. The van der Waals surface area contributed by atoms with Crippen LogP contribution in [0.25, 0.3) is 33.6 Å². The lowest BCUT2D eigenvalue weighted by molar-refractivity contribution is 0.116. The maximum Gasteiger partial charge on any atom is 0.329 e. The van der Waals surface area contributed by atoms with Crippen LogP contribution in [-0.4, -0.2) is 54.8 Å². The third-order valence-corrected chi connectivity index (χ3v) is 5.89. The van der Waals surface area contributed by atoms with E-state index in [1.54, 1.807) is 47.3 Å². The fourth-order valence-electron chi connectivity index (χ4n) is 4.00. The molecule has 5 aromatic rings. The van der Waals surface area contributed by atoms with Crippen LogP contribution in [0.15, 0.2) is 64.2 Å². The Hall–Kier alpha value is -4.32. The minimum Gasteiger partial charge on any atom is -0.415 e. The zero-order valence-corrected chi connectivity index (χ0v) is 20.0. The van der Waals surface area contributed by atoms with Gasteiger partial charge in [-0.25, -0.2) is 9.18 Å². The molecule has 0 bridgehead atoms. The summed E-state index contributed by atoms with van der Waals surface area (Å²) < 4.78 is 48.8. The molecule has 0 radical (unpaired) electrons. The Morgan fingerprint density at radius 2 is 1.76 bits per heavy atom. The van der Waals surface area contributed by atoms with E-state index in [0.717, 1.165) is 0 Å². The molecule has 12 heteroatoms. The molecule has 4 aromatic heterocycles. The van der Waals surface area contributed by atoms with Crippen LogP contribution in [0.3, 0.4) is 0 Å². The van der Waals surface area contributed by atoms with Crippen molar-refractivity contribution >= 4 is 11.0 Å². The molecular weight excluding hydrogens is 487 g/mol. The highest BCUT2D eigenvalue weighted by Gasteiger charge is 2.19. The second-order valence-electron chi connectivity index (χ2n) is 8.66. The number of fused-ring (bicyclic) bond motifs is 1. The van der Waals surface area contributed by atoms with Crippen LogP contribution in [0.5, 0.6) is 0 Å². The predicted octanol–water partition coefficient (Wildman–Crippen LogP) is 4.00. The average molecular weight is 509 g/mol. The topological polar surface area (TPSA) is 94.9 Å². The minimum atomic E-state index is -2.87. The van der Waals surface area contributed by atoms with Gasteiger partial charge in [0.2, 0.25) is 5.89 Å². The molecule has 0 saturated heterocycles. The molecule has 190 valence electrons. The zero-order valence-electron chi connectivity index (χ0n) is 20.0. The third kappa shape index (κ3) is 4.87. The smallest absolute Gasteiger partial charge is 0.329 e. The van der Waals surface area contributed by atoms with E-state index in [2.05, 4.69) is 20.2 Å². The SMILES string of the molecule is CN(C)CCn1c(=O)n(Cc2ccc(-c3nnc(C(F)F)o3)cn2)c2cc(F)c(-c3ccncc3)cc21. The quantitative estimate of drug-likeness (QED) is 0.312. The first-order chi connectivity index (χ1) is 17.8. The standard InChI is InChI=1S/C25H22F3N7O2/c1-33(2)9-10-34-20-11-18(15-5-7-29-8-6-15)19(26)12-21(20)35(25(34)36)14-17-4-3-16(13-30-17)23-31-32-24(37-23)22(27)28/h3-8,11-13,22H,9-10,14H2,1-2H3. The van der Waals surface area contributed by atoms with Gasteiger partial charge in [-0.2, -0.15) is 8.78 Å². The van der Waals surface area contributed by atoms with Crippen molar-refractivity contribution in [1.29, 1.82) is 0 Å². The minimum absolute atomic E-state index is 0.0741. The van der Waals surface area contributed by atoms with Gasteiger partial charge in [-0.3, -0.25) is 19.1 Å². The van der Waals surface area contributed by atoms with Crippen molar-refractivity contribution in [3.63, 3.8) is 0 Å². The summed E-state index contributed by atoms with van der Waals surface area (Å²) in [7, 11) is 3.82. The van der Waals surface area contributed by atoms with E-state index in [0.29, 0.717) is 46.5 Å². The molecule has 0 fully saturated rings. The van der Waals surface area contributed by atoms with Crippen molar-refractivity contribution < 1.29 is 17.6 Å². The molecule has 1 aromatic carbocycles. The number of hydrogen-bond acceptors (Lipinski definition) is 7. The largest absolute Gasteiger partial charge is 0.415 e. The Morgan fingerprint density at radius 1 is 1.00 bits per heavy atom. The van der Waals surface area contributed by atoms with Crippen LogP contribution in [0.2, 0.25) is 0 Å². The van der Waals surface area contributed by atoms with Gasteiger partial charge < -0.3 is 9.32 Å². The van der Waals surface area contributed by atoms with E-state index in [4.69, 9.17) is 4.42 Å². The van der Waals surface area contributed by atoms with Crippen molar-refractivity contribution in [1.82, 2.24) is 34.2 Å². The first-order valence-corrected chi connectivity index (χ1v) is 11.4. The zero-order chi connectivity index (χ0) is 26.1. The van der Waals surface area contributed by atoms with Gasteiger partial charge in [0.25, 0.3) is 5.89 Å². The highest BCUT2D eigenvalue weighted by molar-refractivity contribution is 5.83. The van der Waals surface area contributed by atoms with Crippen molar-refractivity contribution in [3.8, 4) is 22.6 Å². The molecule has 0 spiro atoms. The van der Waals surface area contributed by atoms with Gasteiger partial charge >= 0.3 is 12.1 Å². The molecule has 0 N–H and O–H groups in total. The molecule has 0 amide bonds. The second kappa shape index (κ2) is 9.97. The molecule has 0 aliphatic rings. The Morgan fingerprint density at radius 3 is 2.41 bits per heavy atom. The van der Waals surface area contributed by atoms with Gasteiger partial charge in [-0.15, -0.1) is 10.2 Å². The second-order valence-corrected chi connectivity index (χ2v) is 8.66. The summed E-state index contributed by atoms with van der Waals surface area (Å²) in [5.41, 5.74) is 2.62. The lowest BCUT2D eigenvalue weighted by atomic mass is 10.1. The van der Waals surface area contributed by atoms with Crippen molar-refractivity contribution in [2.75, 3.05) is 20.6 Å². The highest BCUT2D eigenvalue weighted by atomic mass is 19.3. The summed E-state index contributed by atoms with van der Waals surface area (Å²) in [5.74, 6) is -1.33. The summed E-state index contributed by atoms with van der Waals surface area (Å²) in [5, 5.41) is 6.93. The monoisotopic (exact) mass is 509 g/mol. The fraction of sp³-hybridized carbons (Fsp3) is 0.240. The summed E-state index contributed by atoms with van der Waals surface area (Å²) in [6, 6.07) is 9.67. The van der Waals surface area contributed by atoms with Crippen LogP contribution >= 0.6 is 0 Å². The van der Waals surface area contributed by atoms with E-state index >= 15 is 4.39 Å². The normalized spacial score (nSPS) is 11.8. The van der Waals surface area contributed by atoms with Crippen LogP contribution < -0.4 is 5.69 Å². The number of nitrogens with zero attached hydrogens (tertiary/aromatic N) is 7. The molecule has 0 unspecified atom stereocenters. The summed E-state index contributed by atoms with van der Waals surface area (Å²) in [6.07, 6.45) is 1.70. The van der Waals surface area contributed by atoms with Crippen molar-refractivity contribution in [2.24, 2.45) is 0 Å². The van der Waals surface area contributed by atoms with Crippen LogP contribution in [0.4, 0.5) is 13.2 Å². The van der Waals surface area contributed by atoms with Gasteiger partial charge in [0.05, 0.1) is 28.8 Å². The van der Waals surface area contributed by atoms with E-state index in [1.165, 1.54) is 16.8 Å². The van der Waals surface area contributed by atoms with Gasteiger partial charge in [-0.05, 0) is 50.0 Å². The van der Waals surface area contributed by atoms with Crippen molar-refractivity contribution in [2.45, 2.75) is 19.5 Å². The maximum absolute atomic E-state index is 15.2. The number of imidazole rings is 1. The number of benzene rings is 1. The Kier molecular flexibility index (Phi) is 6.57. The first-order valence-electron chi connectivity index (χ1n) is 11.4. The molecule has 9 nitrogen and oxygen atoms in total. The van der Waals surface area contributed by atoms with Crippen LogP contribution in [0.1, 0.15) is 18.0 Å². The molecule has 37 heavy (non-hydrogen) atoms. The maximum atomic E-state index is 15.2. The average Bonchev–Trinajstić information content (AvgIpc) is 3.47. The Balaban J connectivity index is 1.53. The van der Waals surface area contributed by atoms with E-state index in [9.17, 15) is 13.6 Å². The lowest BCUT2D eigenvalue weighted by Crippen LogP contribution is -2.28. The lowest BCUT2D eigenvalue weighted by Gasteiger charge is -2.10. The van der Waals surface area contributed by atoms with E-state index in [-0.39, 0.29) is 18.1 Å². The third-order valence-electron chi connectivity index (χ3n) is 5.89. The molecule has 0 atom stereocenters. The molecule has 0 aliphatic heterocycles. The van der Waals surface area contributed by atoms with Gasteiger partial charge in [0.1, 0.15) is 5.82 Å². The van der Waals surface area contributed by atoms with E-state index in [1.807, 2.05) is 19.0 Å². The number of likely N-dealkylation sites (N-methyl/N-ethyl adjacent to an activating group) is 1. The number of alkyl halides is 2. The van der Waals surface area contributed by atoms with E-state index < -0.39 is 18.1 Å². The predicted molar refractivity (Wildman–Crippen MR) is 130 cm³/mol. The molecule has 0 aliphatic carbocycles. The number of pyridine rings is 2. The number of rotatable bonds is 8. The first kappa shape index (κ1) is 24.4. The molecule has 4 heterocycles. The molecular formula is C25H22F3N7O2. The van der Waals surface area contributed by atoms with Gasteiger partial charge in [-0.1, -0.05) is 0 Å². The molecule has 0 saturated carbocycles. The summed E-state index contributed by atoms with van der Waals surface area (Å²) in [6.45, 7) is 1.09. The fourth-order valence-corrected chi connectivity index (χ4v) is 4.00. The molecule has 5 rings (SSSR count). The van der Waals surface area contributed by atoms with Crippen molar-refractivity contribution in [3.05, 3.63) is 82.9 Å². The summed E-state index contributed by atoms with van der Waals surface area (Å²) >= 11 is 0. The highest BCUT2D eigenvalue weighted by Crippen LogP contribution is 2.28. The van der Waals surface area contributed by atoms with Crippen LogP contribution in [-0.2, 0) is 13.1 Å². The summed E-state index contributed by atoms with van der Waals surface area (Å²) in [4.78, 5) is 23.7. The Bertz CT molecular complexity index is 1590. The van der Waals surface area contributed by atoms with Gasteiger partial charge in [0.15, 0.2) is 0 Å². The van der Waals surface area contributed by atoms with Crippen LogP contribution in [0, 0.1) is 5.82 Å². The number of halogens is 3. The Labute approximate surface area is 208 Å².